The van der Waals surface area contributed by atoms with Crippen molar-refractivity contribution >= 4 is 61.7 Å². The van der Waals surface area contributed by atoms with Gasteiger partial charge in [0.1, 0.15) is 45.7 Å². The summed E-state index contributed by atoms with van der Waals surface area (Å²) < 4.78 is 16.4. The van der Waals surface area contributed by atoms with Crippen LogP contribution in [0.15, 0.2) is 53.4 Å². The molecule has 1 saturated heterocycles. The molecule has 194 valence electrons. The van der Waals surface area contributed by atoms with Crippen LogP contribution in [0.2, 0.25) is 0 Å². The summed E-state index contributed by atoms with van der Waals surface area (Å²) in [4.78, 5) is 40.2. The van der Waals surface area contributed by atoms with Crippen molar-refractivity contribution in [3.05, 3.63) is 64.9 Å². The Morgan fingerprint density at radius 3 is 2.68 bits per heavy atom. The van der Waals surface area contributed by atoms with Crippen LogP contribution in [0.1, 0.15) is 17.9 Å². The van der Waals surface area contributed by atoms with Crippen molar-refractivity contribution in [1.29, 1.82) is 0 Å². The van der Waals surface area contributed by atoms with Crippen LogP contribution in [0.3, 0.4) is 0 Å². The van der Waals surface area contributed by atoms with Gasteiger partial charge in [-0.25, -0.2) is 19.3 Å². The van der Waals surface area contributed by atoms with Crippen LogP contribution in [0.5, 0.6) is 0 Å². The number of nitrogens with two attached hydrogens (primary N) is 1. The first-order chi connectivity index (χ1) is 18.2. The fourth-order valence-electron chi connectivity index (χ4n) is 4.42. The number of benzene rings is 1. The van der Waals surface area contributed by atoms with E-state index < -0.39 is 24.0 Å². The highest BCUT2D eigenvalue weighted by atomic mass is 79.9. The highest BCUT2D eigenvalue weighted by molar-refractivity contribution is 9.10. The number of alkyl halides is 1. The Balaban J connectivity index is 1.41. The van der Waals surface area contributed by atoms with E-state index in [1.165, 1.54) is 9.58 Å². The van der Waals surface area contributed by atoms with Crippen molar-refractivity contribution < 1.29 is 14.0 Å². The Hall–Kier alpha value is -3.84. The number of thiocarbonyl (C=S) groups is 1. The normalized spacial score (nSPS) is 17.1. The quantitative estimate of drug-likeness (QED) is 0.256. The number of anilines is 1. The minimum Gasteiger partial charge on any atom is -0.388 e. The summed E-state index contributed by atoms with van der Waals surface area (Å²) >= 11 is 8.46. The molecular weight excluding hydrogens is 575 g/mol. The third-order valence-corrected chi connectivity index (χ3v) is 6.86. The van der Waals surface area contributed by atoms with Gasteiger partial charge in [-0.3, -0.25) is 14.3 Å². The number of carbonyl (C=O) groups excluding carboxylic acids is 2. The number of aromatic nitrogens is 5. The van der Waals surface area contributed by atoms with Crippen LogP contribution < -0.4 is 11.1 Å². The number of likely N-dealkylation sites (tertiary alicyclic amines) is 1. The van der Waals surface area contributed by atoms with E-state index in [0.29, 0.717) is 32.8 Å². The van der Waals surface area contributed by atoms with E-state index in [9.17, 15) is 14.0 Å². The molecule has 10 nitrogen and oxygen atoms in total. The molecule has 1 aromatic carbocycles. The van der Waals surface area contributed by atoms with Gasteiger partial charge in [-0.2, -0.15) is 5.10 Å². The number of pyridine rings is 1. The Morgan fingerprint density at radius 1 is 1.21 bits per heavy atom. The Labute approximate surface area is 230 Å². The number of amides is 2. The van der Waals surface area contributed by atoms with Gasteiger partial charge in [0.2, 0.25) is 11.8 Å². The third-order valence-electron chi connectivity index (χ3n) is 6.22. The molecule has 4 heterocycles. The summed E-state index contributed by atoms with van der Waals surface area (Å²) in [5.41, 5.74) is 8.55. The van der Waals surface area contributed by atoms with Crippen molar-refractivity contribution in [1.82, 2.24) is 29.6 Å². The third kappa shape index (κ3) is 5.24. The lowest BCUT2D eigenvalue weighted by molar-refractivity contribution is -0.137. The van der Waals surface area contributed by atoms with Gasteiger partial charge >= 0.3 is 0 Å². The Bertz CT molecular complexity index is 1560. The van der Waals surface area contributed by atoms with Gasteiger partial charge in [0, 0.05) is 29.8 Å². The molecule has 2 unspecified atom stereocenters. The fourth-order valence-corrected chi connectivity index (χ4v) is 4.91. The summed E-state index contributed by atoms with van der Waals surface area (Å²) in [5, 5.41) is 7.79. The molecule has 0 saturated carbocycles. The van der Waals surface area contributed by atoms with Gasteiger partial charge in [0.25, 0.3) is 0 Å². The number of aryl methyl sites for hydroxylation is 1. The minimum atomic E-state index is -1.33. The standard InChI is InChI=1S/C25H22BrFN8O2S/c1-13-29-9-15(10-30-13)14-5-6-18-17(7-14)23(24(28)38)33-35(18)12-22(36)34-11-16(27)8-19(34)25(37)32-21-4-2-3-20(26)31-21/h2-7,9-10,16,19H,8,11-12H2,1H3,(H2,28,38)(H,31,32,37). The molecule has 3 aromatic heterocycles. The van der Waals surface area contributed by atoms with Gasteiger partial charge in [0.05, 0.1) is 12.1 Å². The number of fused-ring (bicyclic) bond motifs is 1. The zero-order valence-electron chi connectivity index (χ0n) is 20.1. The summed E-state index contributed by atoms with van der Waals surface area (Å²) in [6.07, 6.45) is 2.00. The van der Waals surface area contributed by atoms with Crippen molar-refractivity contribution in [2.24, 2.45) is 5.73 Å². The Morgan fingerprint density at radius 2 is 1.97 bits per heavy atom. The number of rotatable bonds is 6. The lowest BCUT2D eigenvalue weighted by Crippen LogP contribution is -2.44. The van der Waals surface area contributed by atoms with Gasteiger partial charge < -0.3 is 16.0 Å². The molecule has 1 fully saturated rings. The maximum Gasteiger partial charge on any atom is 0.248 e. The van der Waals surface area contributed by atoms with Crippen LogP contribution in [0, 0.1) is 6.92 Å². The molecule has 4 aromatic rings. The number of halogens is 2. The van der Waals surface area contributed by atoms with Crippen molar-refractivity contribution in [3.8, 4) is 11.1 Å². The first-order valence-corrected chi connectivity index (χ1v) is 12.9. The molecule has 2 atom stereocenters. The molecular formula is C25H22BrFN8O2S. The average Bonchev–Trinajstić information content (AvgIpc) is 3.45. The Kier molecular flexibility index (Phi) is 7.13. The number of nitrogens with one attached hydrogen (secondary N) is 1. The first-order valence-electron chi connectivity index (χ1n) is 11.7. The number of carbonyl (C=O) groups is 2. The predicted octanol–water partition coefficient (Wildman–Crippen LogP) is 3.17. The molecule has 0 bridgehead atoms. The van der Waals surface area contributed by atoms with Gasteiger partial charge in [-0.1, -0.05) is 24.4 Å². The first kappa shape index (κ1) is 25.8. The smallest absolute Gasteiger partial charge is 0.248 e. The van der Waals surface area contributed by atoms with Crippen LogP contribution >= 0.6 is 28.1 Å². The lowest BCUT2D eigenvalue weighted by atomic mass is 10.1. The van der Waals surface area contributed by atoms with Crippen LogP contribution in [0.4, 0.5) is 10.2 Å². The van der Waals surface area contributed by atoms with Crippen molar-refractivity contribution in [2.45, 2.75) is 32.1 Å². The van der Waals surface area contributed by atoms with Gasteiger partial charge in [-0.15, -0.1) is 0 Å². The second-order valence-electron chi connectivity index (χ2n) is 8.85. The van der Waals surface area contributed by atoms with Gasteiger partial charge in [0.15, 0.2) is 0 Å². The van der Waals surface area contributed by atoms with Crippen LogP contribution in [-0.4, -0.2) is 65.2 Å². The number of hydrogen-bond acceptors (Lipinski definition) is 7. The summed E-state index contributed by atoms with van der Waals surface area (Å²) in [5.74, 6) is -0.0130. The van der Waals surface area contributed by atoms with E-state index in [4.69, 9.17) is 18.0 Å². The summed E-state index contributed by atoms with van der Waals surface area (Å²) in [7, 11) is 0. The molecule has 0 radical (unpaired) electrons. The van der Waals surface area contributed by atoms with Crippen LogP contribution in [0.25, 0.3) is 22.0 Å². The molecule has 3 N–H and O–H groups in total. The van der Waals surface area contributed by atoms with Crippen LogP contribution in [-0.2, 0) is 16.1 Å². The maximum atomic E-state index is 14.4. The maximum absolute atomic E-state index is 14.4. The summed E-state index contributed by atoms with van der Waals surface area (Å²) in [6.45, 7) is 1.38. The second kappa shape index (κ2) is 10.5. The SMILES string of the molecule is Cc1ncc(-c2ccc3c(c2)c(C(N)=S)nn3CC(=O)N2CC(F)CC2C(=O)Nc2cccc(Br)n2)cn1. The molecule has 13 heteroatoms. The van der Waals surface area contributed by atoms with E-state index in [-0.39, 0.29) is 24.5 Å². The lowest BCUT2D eigenvalue weighted by Gasteiger charge is -2.23. The van der Waals surface area contributed by atoms with E-state index in [2.05, 4.69) is 41.3 Å². The summed E-state index contributed by atoms with van der Waals surface area (Å²) in [6, 6.07) is 9.58. The molecule has 0 spiro atoms. The molecule has 1 aliphatic rings. The highest BCUT2D eigenvalue weighted by Crippen LogP contribution is 2.28. The molecule has 5 rings (SSSR count). The van der Waals surface area contributed by atoms with E-state index in [1.807, 2.05) is 12.1 Å². The van der Waals surface area contributed by atoms with E-state index in [0.717, 1.165) is 11.1 Å². The van der Waals surface area contributed by atoms with E-state index in [1.54, 1.807) is 43.6 Å². The second-order valence-corrected chi connectivity index (χ2v) is 10.1. The van der Waals surface area contributed by atoms with Crippen molar-refractivity contribution in [2.75, 3.05) is 11.9 Å². The molecule has 2 amide bonds. The van der Waals surface area contributed by atoms with Crippen molar-refractivity contribution in [3.63, 3.8) is 0 Å². The zero-order chi connectivity index (χ0) is 27.0. The number of nitrogens with zero attached hydrogens (tertiary/aromatic N) is 6. The molecule has 1 aliphatic heterocycles. The fraction of sp³-hybridized carbons (Fsp3) is 0.240. The molecule has 38 heavy (non-hydrogen) atoms. The molecule has 0 aliphatic carbocycles. The monoisotopic (exact) mass is 596 g/mol. The zero-order valence-corrected chi connectivity index (χ0v) is 22.5. The van der Waals surface area contributed by atoms with E-state index >= 15 is 0 Å². The van der Waals surface area contributed by atoms with Gasteiger partial charge in [-0.05, 0) is 52.7 Å². The topological polar surface area (TPSA) is 132 Å². The highest BCUT2D eigenvalue weighted by Gasteiger charge is 2.40. The largest absolute Gasteiger partial charge is 0.388 e. The predicted molar refractivity (Wildman–Crippen MR) is 147 cm³/mol. The number of hydrogen-bond donors (Lipinski definition) is 2. The minimum absolute atomic E-state index is 0.0716. The average molecular weight is 597 g/mol.